The minimum absolute atomic E-state index is 0.0820. The van der Waals surface area contributed by atoms with Crippen molar-refractivity contribution in [3.8, 4) is 11.5 Å². The van der Waals surface area contributed by atoms with Crippen molar-refractivity contribution in [2.24, 2.45) is 11.8 Å². The average Bonchev–Trinajstić information content (AvgIpc) is 3.68. The van der Waals surface area contributed by atoms with Gasteiger partial charge in [-0.1, -0.05) is 79.4 Å². The van der Waals surface area contributed by atoms with Crippen LogP contribution in [0.15, 0.2) is 91.0 Å². The molecule has 8 nitrogen and oxygen atoms in total. The summed E-state index contributed by atoms with van der Waals surface area (Å²) in [6.45, 7) is 2.28. The number of fused-ring (bicyclic) bond motifs is 1. The summed E-state index contributed by atoms with van der Waals surface area (Å²) in [5, 5.41) is 6.23. The molecule has 1 aliphatic carbocycles. The van der Waals surface area contributed by atoms with Crippen LogP contribution in [0.2, 0.25) is 0 Å². The smallest absolute Gasteiger partial charge is 0.246 e. The van der Waals surface area contributed by atoms with Crippen LogP contribution in [0.4, 0.5) is 5.69 Å². The van der Waals surface area contributed by atoms with E-state index in [4.69, 9.17) is 9.47 Å². The van der Waals surface area contributed by atoms with Gasteiger partial charge in [0.05, 0.1) is 17.9 Å². The van der Waals surface area contributed by atoms with Gasteiger partial charge >= 0.3 is 0 Å². The molecule has 3 heterocycles. The largest absolute Gasteiger partial charge is 0.457 e. The van der Waals surface area contributed by atoms with Crippen molar-refractivity contribution in [3.63, 3.8) is 0 Å². The monoisotopic (exact) mass is 591 g/mol. The van der Waals surface area contributed by atoms with Crippen LogP contribution in [0.25, 0.3) is 0 Å². The lowest BCUT2D eigenvalue weighted by molar-refractivity contribution is -0.142. The first-order valence-corrected chi connectivity index (χ1v) is 15.6. The lowest BCUT2D eigenvalue weighted by Gasteiger charge is -2.34. The summed E-state index contributed by atoms with van der Waals surface area (Å²) in [6, 6.07) is 23.8. The van der Waals surface area contributed by atoms with Crippen molar-refractivity contribution in [2.45, 2.75) is 69.4 Å². The van der Waals surface area contributed by atoms with Crippen molar-refractivity contribution >= 4 is 23.4 Å². The lowest BCUT2D eigenvalue weighted by Crippen LogP contribution is -2.56. The molecule has 3 aromatic rings. The van der Waals surface area contributed by atoms with Crippen LogP contribution in [-0.4, -0.2) is 46.4 Å². The fourth-order valence-electron chi connectivity index (χ4n) is 7.31. The number of nitrogens with zero attached hydrogens (tertiary/aromatic N) is 1. The van der Waals surface area contributed by atoms with E-state index in [9.17, 15) is 14.4 Å². The molecule has 3 fully saturated rings. The van der Waals surface area contributed by atoms with Gasteiger partial charge in [-0.25, -0.2) is 0 Å². The fraction of sp³-hybridized carbons (Fsp3) is 0.361. The quantitative estimate of drug-likeness (QED) is 0.336. The molecule has 3 aromatic carbocycles. The van der Waals surface area contributed by atoms with Crippen LogP contribution in [0.5, 0.6) is 11.5 Å². The van der Waals surface area contributed by atoms with Crippen LogP contribution in [-0.2, 0) is 25.7 Å². The van der Waals surface area contributed by atoms with E-state index in [2.05, 4.69) is 10.6 Å². The Morgan fingerprint density at radius 3 is 2.34 bits per heavy atom. The third-order valence-electron chi connectivity index (χ3n) is 9.45. The minimum Gasteiger partial charge on any atom is -0.457 e. The van der Waals surface area contributed by atoms with Gasteiger partial charge in [0.25, 0.3) is 0 Å². The molecule has 7 rings (SSSR count). The SMILES string of the molecule is Cc1ccc(CN2C(=O)[C@H]3[C@@H](C(=O)Nc4ccc(Oc5ccccc5)cc4)[C@H]4C=C[C@@]3(O4)[C@@H]2C(=O)NC2CCCCC2)cc1. The third kappa shape index (κ3) is 5.17. The molecule has 1 saturated carbocycles. The van der Waals surface area contributed by atoms with Gasteiger partial charge in [-0.3, -0.25) is 14.4 Å². The van der Waals surface area contributed by atoms with Gasteiger partial charge in [0.2, 0.25) is 17.7 Å². The summed E-state index contributed by atoms with van der Waals surface area (Å²) in [4.78, 5) is 43.8. The summed E-state index contributed by atoms with van der Waals surface area (Å²) >= 11 is 0. The molecule has 226 valence electrons. The van der Waals surface area contributed by atoms with Gasteiger partial charge < -0.3 is 25.0 Å². The van der Waals surface area contributed by atoms with Crippen molar-refractivity contribution in [2.75, 3.05) is 5.32 Å². The first-order chi connectivity index (χ1) is 21.4. The molecule has 0 radical (unpaired) electrons. The van der Waals surface area contributed by atoms with Crippen molar-refractivity contribution in [1.29, 1.82) is 0 Å². The fourth-order valence-corrected chi connectivity index (χ4v) is 7.31. The highest BCUT2D eigenvalue weighted by Gasteiger charge is 2.72. The number of rotatable bonds is 8. The number of nitrogens with one attached hydrogen (secondary N) is 2. The molecule has 3 amide bonds. The van der Waals surface area contributed by atoms with Crippen LogP contribution in [0, 0.1) is 18.8 Å². The van der Waals surface area contributed by atoms with Crippen LogP contribution < -0.4 is 15.4 Å². The number of likely N-dealkylation sites (tertiary alicyclic amines) is 1. The number of para-hydroxylation sites is 1. The van der Waals surface area contributed by atoms with Crippen molar-refractivity contribution in [3.05, 3.63) is 102 Å². The molecule has 4 aliphatic rings. The van der Waals surface area contributed by atoms with E-state index >= 15 is 0 Å². The highest BCUT2D eigenvalue weighted by Crippen LogP contribution is 2.55. The number of hydrogen-bond donors (Lipinski definition) is 2. The standard InChI is InChI=1S/C36H37N3O5/c1-23-12-14-24(15-13-23)22-39-32(34(41)38-25-8-4-2-5-9-25)36-21-20-29(44-36)30(31(36)35(39)42)33(40)37-26-16-18-28(19-17-26)43-27-10-6-3-7-11-27/h3,6-7,10-21,25,29-32H,2,4-5,8-9,22H2,1H3,(H,37,40)(H,38,41)/t29-,30+,31-,32+,36+/m1/s1. The molecule has 2 bridgehead atoms. The number of carbonyl (C=O) groups excluding carboxylic acids is 3. The Hall–Kier alpha value is -4.43. The van der Waals surface area contributed by atoms with Crippen molar-refractivity contribution in [1.82, 2.24) is 10.2 Å². The van der Waals surface area contributed by atoms with Gasteiger partial charge in [0.1, 0.15) is 23.1 Å². The highest BCUT2D eigenvalue weighted by molar-refractivity contribution is 6.02. The van der Waals surface area contributed by atoms with E-state index in [-0.39, 0.29) is 30.3 Å². The normalized spacial score (nSPS) is 27.3. The maximum Gasteiger partial charge on any atom is 0.246 e. The van der Waals surface area contributed by atoms with Crippen LogP contribution in [0.3, 0.4) is 0 Å². The number of anilines is 1. The Morgan fingerprint density at radius 2 is 1.61 bits per heavy atom. The Balaban J connectivity index is 1.13. The molecule has 0 aromatic heterocycles. The second kappa shape index (κ2) is 11.6. The highest BCUT2D eigenvalue weighted by atomic mass is 16.5. The summed E-state index contributed by atoms with van der Waals surface area (Å²) < 4.78 is 12.4. The van der Waals surface area contributed by atoms with Gasteiger partial charge in [-0.2, -0.15) is 0 Å². The number of hydrogen-bond acceptors (Lipinski definition) is 5. The Labute approximate surface area is 257 Å². The second-order valence-electron chi connectivity index (χ2n) is 12.4. The van der Waals surface area contributed by atoms with Gasteiger partial charge in [0.15, 0.2) is 0 Å². The molecular weight excluding hydrogens is 554 g/mol. The average molecular weight is 592 g/mol. The summed E-state index contributed by atoms with van der Waals surface area (Å²) in [5.74, 6) is -0.944. The van der Waals surface area contributed by atoms with Crippen molar-refractivity contribution < 1.29 is 23.9 Å². The van der Waals surface area contributed by atoms with Crippen LogP contribution >= 0.6 is 0 Å². The van der Waals surface area contributed by atoms with Gasteiger partial charge in [-0.15, -0.1) is 0 Å². The number of ether oxygens (including phenoxy) is 2. The Morgan fingerprint density at radius 1 is 0.909 bits per heavy atom. The van der Waals surface area contributed by atoms with E-state index in [1.807, 2.05) is 73.7 Å². The molecule has 1 spiro atoms. The van der Waals surface area contributed by atoms with E-state index in [0.717, 1.165) is 42.6 Å². The Bertz CT molecular complexity index is 1570. The van der Waals surface area contributed by atoms with E-state index in [1.165, 1.54) is 6.42 Å². The first-order valence-electron chi connectivity index (χ1n) is 15.6. The number of amides is 3. The maximum atomic E-state index is 14.3. The van der Waals surface area contributed by atoms with E-state index in [1.54, 1.807) is 29.2 Å². The Kier molecular flexibility index (Phi) is 7.46. The van der Waals surface area contributed by atoms with E-state index in [0.29, 0.717) is 11.4 Å². The molecule has 8 heteroatoms. The minimum atomic E-state index is -1.19. The second-order valence-corrected chi connectivity index (χ2v) is 12.4. The third-order valence-corrected chi connectivity index (χ3v) is 9.45. The summed E-state index contributed by atoms with van der Waals surface area (Å²) in [7, 11) is 0. The molecule has 5 atom stereocenters. The molecular formula is C36H37N3O5. The van der Waals surface area contributed by atoms with Gasteiger partial charge in [0, 0.05) is 18.3 Å². The zero-order valence-corrected chi connectivity index (χ0v) is 24.8. The molecule has 44 heavy (non-hydrogen) atoms. The molecule has 2 saturated heterocycles. The summed E-state index contributed by atoms with van der Waals surface area (Å²) in [6.07, 6.45) is 8.32. The van der Waals surface area contributed by atoms with Crippen LogP contribution in [0.1, 0.15) is 43.2 Å². The van der Waals surface area contributed by atoms with Gasteiger partial charge in [-0.05, 0) is 61.7 Å². The number of benzene rings is 3. The lowest BCUT2D eigenvalue weighted by atomic mass is 9.74. The summed E-state index contributed by atoms with van der Waals surface area (Å²) in [5.41, 5.74) is 1.43. The zero-order chi connectivity index (χ0) is 30.3. The number of aryl methyl sites for hydroxylation is 1. The molecule has 3 aliphatic heterocycles. The van der Waals surface area contributed by atoms with E-state index < -0.39 is 29.6 Å². The maximum absolute atomic E-state index is 14.3. The molecule has 0 unspecified atom stereocenters. The topological polar surface area (TPSA) is 97.0 Å². The number of carbonyl (C=O) groups is 3. The zero-order valence-electron chi connectivity index (χ0n) is 24.8. The predicted molar refractivity (Wildman–Crippen MR) is 166 cm³/mol. The predicted octanol–water partition coefficient (Wildman–Crippen LogP) is 5.53. The molecule has 2 N–H and O–H groups in total. The first kappa shape index (κ1) is 28.3.